The van der Waals surface area contributed by atoms with Crippen molar-refractivity contribution in [1.29, 1.82) is 0 Å². The van der Waals surface area contributed by atoms with Gasteiger partial charge in [0.15, 0.2) is 0 Å². The molecule has 1 aromatic rings. The molecule has 0 aliphatic rings. The fourth-order valence-electron chi connectivity index (χ4n) is 0.764. The van der Waals surface area contributed by atoms with Crippen molar-refractivity contribution in [1.82, 2.24) is 0 Å². The van der Waals surface area contributed by atoms with Crippen LogP contribution < -0.4 is 0 Å². The van der Waals surface area contributed by atoms with E-state index in [1.165, 1.54) is 18.2 Å². The zero-order chi connectivity index (χ0) is 9.90. The number of hydrogen-bond donors (Lipinski definition) is 1. The molecule has 1 aromatic heterocycles. The van der Waals surface area contributed by atoms with Crippen molar-refractivity contribution in [2.24, 2.45) is 0 Å². The Labute approximate surface area is 77.1 Å². The number of aliphatic hydroxyl groups excluding tert-OH is 1. The van der Waals surface area contributed by atoms with Gasteiger partial charge >= 0.3 is 6.18 Å². The highest BCUT2D eigenvalue weighted by Gasteiger charge is 2.31. The summed E-state index contributed by atoms with van der Waals surface area (Å²) in [4.78, 5) is -0.133. The summed E-state index contributed by atoms with van der Waals surface area (Å²) in [5.41, 5.74) is 0. The highest BCUT2D eigenvalue weighted by Crippen LogP contribution is 2.34. The standard InChI is InChI=1S/C8H7F3OS/c9-8(10,11)7-4-3-6(13-7)2-1-5-12/h1-4,12H,5H2/b2-1+. The molecule has 0 aromatic carbocycles. The van der Waals surface area contributed by atoms with E-state index >= 15 is 0 Å². The largest absolute Gasteiger partial charge is 0.425 e. The first-order valence-electron chi connectivity index (χ1n) is 3.48. The van der Waals surface area contributed by atoms with Crippen molar-refractivity contribution in [2.75, 3.05) is 6.61 Å². The summed E-state index contributed by atoms with van der Waals surface area (Å²) in [5, 5.41) is 8.39. The van der Waals surface area contributed by atoms with Gasteiger partial charge in [-0.3, -0.25) is 0 Å². The number of halogens is 3. The van der Waals surface area contributed by atoms with E-state index in [9.17, 15) is 13.2 Å². The molecule has 0 saturated carbocycles. The van der Waals surface area contributed by atoms with E-state index in [0.717, 1.165) is 6.07 Å². The third kappa shape index (κ3) is 2.86. The Hall–Kier alpha value is -0.810. The lowest BCUT2D eigenvalue weighted by atomic mass is 10.4. The van der Waals surface area contributed by atoms with Crippen LogP contribution in [0.3, 0.4) is 0 Å². The maximum atomic E-state index is 12.1. The van der Waals surface area contributed by atoms with Crippen molar-refractivity contribution in [3.8, 4) is 0 Å². The molecule has 5 heteroatoms. The minimum Gasteiger partial charge on any atom is -0.392 e. The SMILES string of the molecule is OC/C=C/c1ccc(C(F)(F)F)s1. The van der Waals surface area contributed by atoms with Crippen LogP contribution in [0.15, 0.2) is 18.2 Å². The van der Waals surface area contributed by atoms with Gasteiger partial charge in [-0.25, -0.2) is 0 Å². The van der Waals surface area contributed by atoms with E-state index < -0.39 is 11.1 Å². The van der Waals surface area contributed by atoms with Gasteiger partial charge in [0.1, 0.15) is 4.88 Å². The van der Waals surface area contributed by atoms with Crippen LogP contribution in [0, 0.1) is 0 Å². The molecule has 0 unspecified atom stereocenters. The van der Waals surface area contributed by atoms with Gasteiger partial charge in [-0.2, -0.15) is 13.2 Å². The summed E-state index contributed by atoms with van der Waals surface area (Å²) in [6.45, 7) is -0.167. The lowest BCUT2D eigenvalue weighted by Crippen LogP contribution is -2.00. The molecule has 0 atom stereocenters. The second kappa shape index (κ2) is 3.93. The second-order valence-corrected chi connectivity index (χ2v) is 3.40. The quantitative estimate of drug-likeness (QED) is 0.792. The Balaban J connectivity index is 2.81. The Kier molecular flexibility index (Phi) is 3.11. The number of alkyl halides is 3. The average Bonchev–Trinajstić information content (AvgIpc) is 2.47. The monoisotopic (exact) mass is 208 g/mol. The van der Waals surface area contributed by atoms with Gasteiger partial charge < -0.3 is 5.11 Å². The predicted octanol–water partition coefficient (Wildman–Crippen LogP) is 2.77. The van der Waals surface area contributed by atoms with E-state index in [-0.39, 0.29) is 6.61 Å². The number of thiophene rings is 1. The van der Waals surface area contributed by atoms with Crippen molar-refractivity contribution >= 4 is 17.4 Å². The Bertz CT molecular complexity index is 301. The molecular weight excluding hydrogens is 201 g/mol. The molecule has 0 spiro atoms. The molecule has 1 rings (SSSR count). The summed E-state index contributed by atoms with van der Waals surface area (Å²) in [7, 11) is 0. The fourth-order valence-corrected chi connectivity index (χ4v) is 1.57. The molecule has 0 aliphatic heterocycles. The van der Waals surface area contributed by atoms with Crippen LogP contribution >= 0.6 is 11.3 Å². The predicted molar refractivity (Wildman–Crippen MR) is 45.4 cm³/mol. The molecule has 13 heavy (non-hydrogen) atoms. The van der Waals surface area contributed by atoms with Crippen LogP contribution in [0.2, 0.25) is 0 Å². The molecule has 0 amide bonds. The van der Waals surface area contributed by atoms with E-state index in [1.54, 1.807) is 0 Å². The molecule has 72 valence electrons. The van der Waals surface area contributed by atoms with Crippen LogP contribution in [0.5, 0.6) is 0 Å². The Morgan fingerprint density at radius 1 is 1.38 bits per heavy atom. The summed E-state index contributed by atoms with van der Waals surface area (Å²) < 4.78 is 36.2. The molecule has 0 aliphatic carbocycles. The topological polar surface area (TPSA) is 20.2 Å². The Morgan fingerprint density at radius 3 is 2.54 bits per heavy atom. The average molecular weight is 208 g/mol. The smallest absolute Gasteiger partial charge is 0.392 e. The fraction of sp³-hybridized carbons (Fsp3) is 0.250. The van der Waals surface area contributed by atoms with Gasteiger partial charge in [0.25, 0.3) is 0 Å². The molecule has 0 bridgehead atoms. The van der Waals surface area contributed by atoms with Gasteiger partial charge in [-0.15, -0.1) is 11.3 Å². The first-order valence-corrected chi connectivity index (χ1v) is 4.30. The molecule has 0 fully saturated rings. The number of hydrogen-bond acceptors (Lipinski definition) is 2. The molecule has 0 saturated heterocycles. The van der Waals surface area contributed by atoms with E-state index in [4.69, 9.17) is 5.11 Å². The maximum absolute atomic E-state index is 12.1. The van der Waals surface area contributed by atoms with Crippen molar-refractivity contribution < 1.29 is 18.3 Å². The highest BCUT2D eigenvalue weighted by atomic mass is 32.1. The summed E-state index contributed by atoms with van der Waals surface area (Å²) in [5.74, 6) is 0. The molecule has 1 nitrogen and oxygen atoms in total. The zero-order valence-corrected chi connectivity index (χ0v) is 7.32. The summed E-state index contributed by atoms with van der Waals surface area (Å²) >= 11 is 0.657. The minimum atomic E-state index is -4.27. The van der Waals surface area contributed by atoms with Crippen LogP contribution in [0.1, 0.15) is 9.75 Å². The minimum absolute atomic E-state index is 0.167. The lowest BCUT2D eigenvalue weighted by Gasteiger charge is -1.99. The van der Waals surface area contributed by atoms with Gasteiger partial charge in [-0.05, 0) is 18.2 Å². The van der Waals surface area contributed by atoms with Gasteiger partial charge in [0, 0.05) is 4.88 Å². The Morgan fingerprint density at radius 2 is 2.08 bits per heavy atom. The van der Waals surface area contributed by atoms with E-state index in [1.807, 2.05) is 0 Å². The summed E-state index contributed by atoms with van der Waals surface area (Å²) in [6, 6.07) is 2.40. The molecule has 0 radical (unpaired) electrons. The van der Waals surface area contributed by atoms with Crippen LogP contribution in [-0.4, -0.2) is 11.7 Å². The van der Waals surface area contributed by atoms with Gasteiger partial charge in [0.05, 0.1) is 6.61 Å². The van der Waals surface area contributed by atoms with Crippen LogP contribution in [0.25, 0.3) is 6.08 Å². The lowest BCUT2D eigenvalue weighted by molar-refractivity contribution is -0.134. The second-order valence-electron chi connectivity index (χ2n) is 2.28. The number of rotatable bonds is 2. The van der Waals surface area contributed by atoms with Crippen molar-refractivity contribution in [3.63, 3.8) is 0 Å². The third-order valence-corrected chi connectivity index (χ3v) is 2.39. The van der Waals surface area contributed by atoms with E-state index in [0.29, 0.717) is 16.2 Å². The van der Waals surface area contributed by atoms with Gasteiger partial charge in [0.2, 0.25) is 0 Å². The van der Waals surface area contributed by atoms with Crippen LogP contribution in [0.4, 0.5) is 13.2 Å². The zero-order valence-electron chi connectivity index (χ0n) is 6.51. The van der Waals surface area contributed by atoms with E-state index in [2.05, 4.69) is 0 Å². The van der Waals surface area contributed by atoms with Crippen molar-refractivity contribution in [3.05, 3.63) is 28.0 Å². The third-order valence-electron chi connectivity index (χ3n) is 1.29. The normalized spacial score (nSPS) is 12.6. The highest BCUT2D eigenvalue weighted by molar-refractivity contribution is 7.13. The molecular formula is C8H7F3OS. The first kappa shape index (κ1) is 10.3. The van der Waals surface area contributed by atoms with Crippen LogP contribution in [-0.2, 0) is 6.18 Å². The first-order chi connectivity index (χ1) is 6.04. The molecule has 1 N–H and O–H groups in total. The number of aliphatic hydroxyl groups is 1. The molecule has 1 heterocycles. The van der Waals surface area contributed by atoms with Gasteiger partial charge in [-0.1, -0.05) is 6.08 Å². The maximum Gasteiger partial charge on any atom is 0.425 e. The summed E-state index contributed by atoms with van der Waals surface area (Å²) in [6.07, 6.45) is -1.41. The van der Waals surface area contributed by atoms with Crippen molar-refractivity contribution in [2.45, 2.75) is 6.18 Å².